The minimum Gasteiger partial charge on any atom is -0.494 e. The largest absolute Gasteiger partial charge is 0.494 e. The van der Waals surface area contributed by atoms with Crippen molar-refractivity contribution in [3.63, 3.8) is 0 Å². The predicted molar refractivity (Wildman–Crippen MR) is 99.9 cm³/mol. The highest BCUT2D eigenvalue weighted by Crippen LogP contribution is 2.27. The van der Waals surface area contributed by atoms with Gasteiger partial charge in [-0.3, -0.25) is 9.52 Å². The molecule has 2 aromatic rings. The lowest BCUT2D eigenvalue weighted by atomic mass is 10.2. The molecule has 1 saturated carbocycles. The number of carbonyl (C=O) groups excluding carboxylic acids is 1. The van der Waals surface area contributed by atoms with E-state index < -0.39 is 10.0 Å². The predicted octanol–water partition coefficient (Wildman–Crippen LogP) is 3.03. The summed E-state index contributed by atoms with van der Waals surface area (Å²) in [5, 5.41) is 2.84. The fourth-order valence-electron chi connectivity index (χ4n) is 2.47. The van der Waals surface area contributed by atoms with E-state index in [-0.39, 0.29) is 10.8 Å². The monoisotopic (exact) mass is 374 g/mol. The quantitative estimate of drug-likeness (QED) is 0.744. The van der Waals surface area contributed by atoms with Gasteiger partial charge in [-0.15, -0.1) is 0 Å². The molecule has 1 aliphatic rings. The third kappa shape index (κ3) is 4.76. The molecule has 1 fully saturated rings. The third-order valence-corrected chi connectivity index (χ3v) is 5.45. The molecule has 0 heterocycles. The zero-order valence-corrected chi connectivity index (χ0v) is 15.4. The molecule has 0 radical (unpaired) electrons. The molecule has 1 aliphatic carbocycles. The van der Waals surface area contributed by atoms with Crippen LogP contribution in [-0.2, 0) is 10.0 Å². The number of hydrogen-bond acceptors (Lipinski definition) is 4. The highest BCUT2D eigenvalue weighted by atomic mass is 32.2. The number of nitrogens with one attached hydrogen (secondary N) is 2. The van der Waals surface area contributed by atoms with Crippen molar-refractivity contribution in [1.82, 2.24) is 5.32 Å². The van der Waals surface area contributed by atoms with E-state index in [2.05, 4.69) is 10.0 Å². The molecule has 2 N–H and O–H groups in total. The van der Waals surface area contributed by atoms with E-state index in [9.17, 15) is 13.2 Å². The maximum absolute atomic E-state index is 12.6. The minimum atomic E-state index is -3.78. The number of anilines is 1. The Hall–Kier alpha value is -2.54. The number of benzene rings is 2. The van der Waals surface area contributed by atoms with Gasteiger partial charge in [-0.2, -0.15) is 0 Å². The van der Waals surface area contributed by atoms with Crippen LogP contribution in [0.2, 0.25) is 0 Å². The van der Waals surface area contributed by atoms with Gasteiger partial charge in [0.2, 0.25) is 0 Å². The number of rotatable bonds is 8. The highest BCUT2D eigenvalue weighted by Gasteiger charge is 2.22. The summed E-state index contributed by atoms with van der Waals surface area (Å²) >= 11 is 0. The molecular weight excluding hydrogens is 352 g/mol. The second-order valence-corrected chi connectivity index (χ2v) is 7.93. The van der Waals surface area contributed by atoms with Crippen molar-refractivity contribution in [2.45, 2.75) is 24.7 Å². The molecule has 0 aliphatic heterocycles. The molecule has 0 atom stereocenters. The zero-order valence-electron chi connectivity index (χ0n) is 14.6. The summed E-state index contributed by atoms with van der Waals surface area (Å²) in [7, 11) is -3.78. The van der Waals surface area contributed by atoms with E-state index in [0.29, 0.717) is 36.1 Å². The average molecular weight is 374 g/mol. The minimum absolute atomic E-state index is 0.0467. The highest BCUT2D eigenvalue weighted by molar-refractivity contribution is 7.92. The summed E-state index contributed by atoms with van der Waals surface area (Å²) in [5.74, 6) is 0.979. The molecule has 0 bridgehead atoms. The van der Waals surface area contributed by atoms with E-state index >= 15 is 0 Å². The second kappa shape index (κ2) is 7.78. The van der Waals surface area contributed by atoms with E-state index in [4.69, 9.17) is 4.74 Å². The lowest BCUT2D eigenvalue weighted by molar-refractivity contribution is 0.0951. The maximum Gasteiger partial charge on any atom is 0.261 e. The first-order valence-electron chi connectivity index (χ1n) is 8.62. The molecule has 3 rings (SSSR count). The van der Waals surface area contributed by atoms with Crippen LogP contribution in [0, 0.1) is 5.92 Å². The van der Waals surface area contributed by atoms with Crippen LogP contribution in [0.3, 0.4) is 0 Å². The van der Waals surface area contributed by atoms with Crippen LogP contribution in [-0.4, -0.2) is 27.5 Å². The van der Waals surface area contributed by atoms with Gasteiger partial charge >= 0.3 is 0 Å². The Kier molecular flexibility index (Phi) is 5.46. The van der Waals surface area contributed by atoms with Crippen LogP contribution < -0.4 is 14.8 Å². The van der Waals surface area contributed by atoms with Crippen LogP contribution >= 0.6 is 0 Å². The fourth-order valence-corrected chi connectivity index (χ4v) is 3.57. The first-order valence-corrected chi connectivity index (χ1v) is 10.1. The lowest BCUT2D eigenvalue weighted by Crippen LogP contribution is -2.25. The molecule has 0 saturated heterocycles. The number of ether oxygens (including phenoxy) is 1. The summed E-state index contributed by atoms with van der Waals surface area (Å²) in [6.45, 7) is 3.06. The van der Waals surface area contributed by atoms with Crippen molar-refractivity contribution in [3.05, 3.63) is 54.1 Å². The van der Waals surface area contributed by atoms with Crippen LogP contribution in [0.15, 0.2) is 53.4 Å². The van der Waals surface area contributed by atoms with Gasteiger partial charge in [0.1, 0.15) is 5.75 Å². The lowest BCUT2D eigenvalue weighted by Gasteiger charge is -2.10. The standard InChI is InChI=1S/C19H22N2O4S/c1-2-25-17-10-8-16(9-11-17)21-26(23,24)18-5-3-4-15(12-18)19(22)20-13-14-6-7-14/h3-5,8-12,14,21H,2,6-7,13H2,1H3,(H,20,22). The summed E-state index contributed by atoms with van der Waals surface area (Å²) in [4.78, 5) is 12.2. The topological polar surface area (TPSA) is 84.5 Å². The van der Waals surface area contributed by atoms with Crippen molar-refractivity contribution in [2.75, 3.05) is 17.9 Å². The number of carbonyl (C=O) groups is 1. The number of sulfonamides is 1. The van der Waals surface area contributed by atoms with Gasteiger partial charge in [0.05, 0.1) is 11.5 Å². The Balaban J connectivity index is 1.71. The Morgan fingerprint density at radius 2 is 1.88 bits per heavy atom. The molecular formula is C19H22N2O4S. The molecule has 6 nitrogen and oxygen atoms in total. The molecule has 0 unspecified atom stereocenters. The molecule has 0 aromatic heterocycles. The molecule has 7 heteroatoms. The Bertz CT molecular complexity index is 875. The van der Waals surface area contributed by atoms with Gasteiger partial charge in [0.15, 0.2) is 0 Å². The Morgan fingerprint density at radius 3 is 2.54 bits per heavy atom. The normalized spacial score (nSPS) is 13.9. The summed E-state index contributed by atoms with van der Waals surface area (Å²) in [5.41, 5.74) is 0.761. The van der Waals surface area contributed by atoms with Crippen molar-refractivity contribution in [1.29, 1.82) is 0 Å². The Labute approximate surface area is 153 Å². The van der Waals surface area contributed by atoms with Gasteiger partial charge < -0.3 is 10.1 Å². The van der Waals surface area contributed by atoms with Gasteiger partial charge in [-0.1, -0.05) is 6.07 Å². The SMILES string of the molecule is CCOc1ccc(NS(=O)(=O)c2cccc(C(=O)NCC3CC3)c2)cc1. The van der Waals surface area contributed by atoms with Gasteiger partial charge in [0, 0.05) is 17.8 Å². The van der Waals surface area contributed by atoms with E-state index in [1.807, 2.05) is 6.92 Å². The molecule has 0 spiro atoms. The van der Waals surface area contributed by atoms with Crippen molar-refractivity contribution >= 4 is 21.6 Å². The molecule has 2 aromatic carbocycles. The average Bonchev–Trinajstić information content (AvgIpc) is 3.46. The van der Waals surface area contributed by atoms with E-state index in [1.165, 1.54) is 12.1 Å². The maximum atomic E-state index is 12.6. The number of hydrogen-bond donors (Lipinski definition) is 2. The van der Waals surface area contributed by atoms with Crippen LogP contribution in [0.1, 0.15) is 30.1 Å². The van der Waals surface area contributed by atoms with Crippen LogP contribution in [0.4, 0.5) is 5.69 Å². The van der Waals surface area contributed by atoms with Gasteiger partial charge in [-0.25, -0.2) is 8.42 Å². The summed E-state index contributed by atoms with van der Waals surface area (Å²) in [6.07, 6.45) is 2.28. The summed E-state index contributed by atoms with van der Waals surface area (Å²) in [6, 6.07) is 12.7. The third-order valence-electron chi connectivity index (χ3n) is 4.07. The Morgan fingerprint density at radius 1 is 1.15 bits per heavy atom. The van der Waals surface area contributed by atoms with E-state index in [0.717, 1.165) is 12.8 Å². The van der Waals surface area contributed by atoms with Crippen LogP contribution in [0.25, 0.3) is 0 Å². The number of amides is 1. The molecule has 26 heavy (non-hydrogen) atoms. The van der Waals surface area contributed by atoms with Crippen molar-refractivity contribution in [3.8, 4) is 5.75 Å². The first-order chi connectivity index (χ1) is 12.5. The van der Waals surface area contributed by atoms with Crippen molar-refractivity contribution in [2.24, 2.45) is 5.92 Å². The van der Waals surface area contributed by atoms with Gasteiger partial charge in [-0.05, 0) is 68.1 Å². The molecule has 138 valence electrons. The van der Waals surface area contributed by atoms with Crippen LogP contribution in [0.5, 0.6) is 5.75 Å². The van der Waals surface area contributed by atoms with Gasteiger partial charge in [0.25, 0.3) is 15.9 Å². The molecule has 1 amide bonds. The van der Waals surface area contributed by atoms with Crippen molar-refractivity contribution < 1.29 is 17.9 Å². The second-order valence-electron chi connectivity index (χ2n) is 6.24. The summed E-state index contributed by atoms with van der Waals surface area (Å²) < 4.78 is 33.0. The smallest absolute Gasteiger partial charge is 0.261 e. The first kappa shape index (κ1) is 18.3. The fraction of sp³-hybridized carbons (Fsp3) is 0.316. The van der Waals surface area contributed by atoms with E-state index in [1.54, 1.807) is 36.4 Å². The zero-order chi connectivity index (χ0) is 18.6.